The fraction of sp³-hybridized carbons (Fsp3) is 0.400. The zero-order chi connectivity index (χ0) is 20.3. The van der Waals surface area contributed by atoms with Crippen LogP contribution in [0.4, 0.5) is 5.69 Å². The fourth-order valence-electron chi connectivity index (χ4n) is 3.16. The first kappa shape index (κ1) is 20.3. The van der Waals surface area contributed by atoms with Gasteiger partial charge in [-0.1, -0.05) is 38.1 Å². The van der Waals surface area contributed by atoms with E-state index < -0.39 is 14.9 Å². The predicted molar refractivity (Wildman–Crippen MR) is 106 cm³/mol. The van der Waals surface area contributed by atoms with E-state index in [0.717, 1.165) is 24.5 Å². The van der Waals surface area contributed by atoms with Gasteiger partial charge < -0.3 is 4.74 Å². The molecule has 2 aromatic rings. The molecule has 0 amide bonds. The van der Waals surface area contributed by atoms with Crippen molar-refractivity contribution in [3.63, 3.8) is 0 Å². The molecule has 8 heteroatoms. The van der Waals surface area contributed by atoms with Gasteiger partial charge in [-0.05, 0) is 42.0 Å². The second kappa shape index (κ2) is 8.28. The number of hydrogen-bond acceptors (Lipinski definition) is 5. The van der Waals surface area contributed by atoms with Crippen LogP contribution < -0.4 is 4.74 Å². The Kier molecular flexibility index (Phi) is 6.00. The number of rotatable bonds is 7. The third kappa shape index (κ3) is 4.34. The number of nitro groups is 1. The van der Waals surface area contributed by atoms with Gasteiger partial charge in [-0.3, -0.25) is 10.1 Å². The summed E-state index contributed by atoms with van der Waals surface area (Å²) in [6, 6.07) is 11.7. The summed E-state index contributed by atoms with van der Waals surface area (Å²) in [4.78, 5) is 10.8. The summed E-state index contributed by atoms with van der Waals surface area (Å²) in [5, 5.41) is 11.5. The van der Waals surface area contributed by atoms with Crippen LogP contribution in [-0.2, 0) is 16.6 Å². The molecule has 0 N–H and O–H groups in total. The molecule has 0 bridgehead atoms. The number of hydrogen-bond donors (Lipinski definition) is 0. The third-order valence-electron chi connectivity index (χ3n) is 4.87. The zero-order valence-corrected chi connectivity index (χ0v) is 16.8. The molecule has 1 saturated heterocycles. The fourth-order valence-corrected chi connectivity index (χ4v) is 4.70. The van der Waals surface area contributed by atoms with Crippen molar-refractivity contribution in [2.24, 2.45) is 0 Å². The molecule has 0 unspecified atom stereocenters. The monoisotopic (exact) mass is 404 g/mol. The first-order chi connectivity index (χ1) is 13.3. The minimum absolute atomic E-state index is 0.0540. The molecule has 1 heterocycles. The smallest absolute Gasteiger partial charge is 0.312 e. The number of nitrogens with zero attached hydrogens (tertiary/aromatic N) is 2. The molecular formula is C20H24N2O5S. The number of benzene rings is 2. The van der Waals surface area contributed by atoms with Gasteiger partial charge in [-0.15, -0.1) is 0 Å². The Morgan fingerprint density at radius 1 is 1.11 bits per heavy atom. The second-order valence-electron chi connectivity index (χ2n) is 7.18. The lowest BCUT2D eigenvalue weighted by atomic mass is 10.0. The Labute approximate surface area is 165 Å². The lowest BCUT2D eigenvalue weighted by Crippen LogP contribution is -2.27. The first-order valence-corrected chi connectivity index (χ1v) is 10.7. The highest BCUT2D eigenvalue weighted by molar-refractivity contribution is 7.89. The molecule has 28 heavy (non-hydrogen) atoms. The van der Waals surface area contributed by atoms with E-state index >= 15 is 0 Å². The maximum atomic E-state index is 12.6. The maximum Gasteiger partial charge on any atom is 0.312 e. The standard InChI is InChI=1S/C20H24N2O5S/c1-15(2)17-7-5-16(6-8-17)14-27-20-10-9-18(13-19(20)22(23)24)28(25,26)21-11-3-4-12-21/h5-10,13,15H,3-4,11-12,14H2,1-2H3. The van der Waals surface area contributed by atoms with Gasteiger partial charge >= 0.3 is 5.69 Å². The minimum Gasteiger partial charge on any atom is -0.482 e. The van der Waals surface area contributed by atoms with Gasteiger partial charge in [0.15, 0.2) is 5.75 Å². The topological polar surface area (TPSA) is 89.8 Å². The van der Waals surface area contributed by atoms with Crippen molar-refractivity contribution in [3.8, 4) is 5.75 Å². The Balaban J connectivity index is 1.80. The van der Waals surface area contributed by atoms with Crippen LogP contribution in [0.25, 0.3) is 0 Å². The van der Waals surface area contributed by atoms with E-state index in [1.54, 1.807) is 0 Å². The van der Waals surface area contributed by atoms with Crippen LogP contribution in [-0.4, -0.2) is 30.7 Å². The third-order valence-corrected chi connectivity index (χ3v) is 6.77. The van der Waals surface area contributed by atoms with Crippen molar-refractivity contribution in [2.75, 3.05) is 13.1 Å². The summed E-state index contributed by atoms with van der Waals surface area (Å²) >= 11 is 0. The number of ether oxygens (including phenoxy) is 1. The van der Waals surface area contributed by atoms with Crippen LogP contribution in [0.3, 0.4) is 0 Å². The maximum absolute atomic E-state index is 12.6. The summed E-state index contributed by atoms with van der Waals surface area (Å²) in [5.41, 5.74) is 1.73. The number of nitro benzene ring substituents is 1. The van der Waals surface area contributed by atoms with Gasteiger partial charge in [0.2, 0.25) is 10.0 Å². The SMILES string of the molecule is CC(C)c1ccc(COc2ccc(S(=O)(=O)N3CCCC3)cc2[N+](=O)[O-])cc1. The van der Waals surface area contributed by atoms with Crippen molar-refractivity contribution >= 4 is 15.7 Å². The molecular weight excluding hydrogens is 380 g/mol. The predicted octanol–water partition coefficient (Wildman–Crippen LogP) is 4.08. The van der Waals surface area contributed by atoms with E-state index in [0.29, 0.717) is 19.0 Å². The zero-order valence-electron chi connectivity index (χ0n) is 16.0. The highest BCUT2D eigenvalue weighted by atomic mass is 32.2. The van der Waals surface area contributed by atoms with Gasteiger partial charge in [-0.2, -0.15) is 4.31 Å². The molecule has 1 aliphatic heterocycles. The summed E-state index contributed by atoms with van der Waals surface area (Å²) < 4.78 is 32.3. The number of sulfonamides is 1. The summed E-state index contributed by atoms with van der Waals surface area (Å²) in [6.07, 6.45) is 1.61. The van der Waals surface area contributed by atoms with E-state index in [1.807, 2.05) is 24.3 Å². The Bertz CT molecular complexity index is 949. The van der Waals surface area contributed by atoms with Gasteiger partial charge in [0.1, 0.15) is 6.61 Å². The van der Waals surface area contributed by atoms with E-state index in [9.17, 15) is 18.5 Å². The van der Waals surface area contributed by atoms with Crippen LogP contribution in [0.1, 0.15) is 43.7 Å². The Morgan fingerprint density at radius 3 is 2.32 bits per heavy atom. The van der Waals surface area contributed by atoms with Crippen LogP contribution in [0.15, 0.2) is 47.4 Å². The van der Waals surface area contributed by atoms with E-state index in [-0.39, 0.29) is 22.9 Å². The van der Waals surface area contributed by atoms with Gasteiger partial charge in [0.25, 0.3) is 0 Å². The molecule has 2 aromatic carbocycles. The molecule has 0 aromatic heterocycles. The molecule has 3 rings (SSSR count). The molecule has 1 aliphatic rings. The average molecular weight is 404 g/mol. The van der Waals surface area contributed by atoms with Gasteiger partial charge in [-0.25, -0.2) is 8.42 Å². The van der Waals surface area contributed by atoms with Crippen LogP contribution >= 0.6 is 0 Å². The van der Waals surface area contributed by atoms with Crippen LogP contribution in [0.2, 0.25) is 0 Å². The van der Waals surface area contributed by atoms with Gasteiger partial charge in [0.05, 0.1) is 9.82 Å². The molecule has 0 spiro atoms. The average Bonchev–Trinajstić information content (AvgIpc) is 3.22. The highest BCUT2D eigenvalue weighted by Crippen LogP contribution is 2.32. The molecule has 0 atom stereocenters. The lowest BCUT2D eigenvalue weighted by molar-refractivity contribution is -0.386. The van der Waals surface area contributed by atoms with Crippen molar-refractivity contribution in [2.45, 2.75) is 44.1 Å². The molecule has 150 valence electrons. The quantitative estimate of drug-likeness (QED) is 0.512. The molecule has 0 radical (unpaired) electrons. The molecule has 7 nitrogen and oxygen atoms in total. The normalized spacial score (nSPS) is 15.1. The molecule has 0 saturated carbocycles. The highest BCUT2D eigenvalue weighted by Gasteiger charge is 2.29. The van der Waals surface area contributed by atoms with Gasteiger partial charge in [0, 0.05) is 19.2 Å². The second-order valence-corrected chi connectivity index (χ2v) is 9.12. The Hall–Kier alpha value is -2.45. The minimum atomic E-state index is -3.72. The summed E-state index contributed by atoms with van der Waals surface area (Å²) in [7, 11) is -3.72. The Morgan fingerprint density at radius 2 is 1.75 bits per heavy atom. The van der Waals surface area contributed by atoms with Crippen LogP contribution in [0.5, 0.6) is 5.75 Å². The van der Waals surface area contributed by atoms with Crippen molar-refractivity contribution in [1.82, 2.24) is 4.31 Å². The molecule has 0 aliphatic carbocycles. The summed E-state index contributed by atoms with van der Waals surface area (Å²) in [6.45, 7) is 5.26. The van der Waals surface area contributed by atoms with E-state index in [1.165, 1.54) is 22.0 Å². The summed E-state index contributed by atoms with van der Waals surface area (Å²) in [5.74, 6) is 0.472. The van der Waals surface area contributed by atoms with Crippen molar-refractivity contribution in [1.29, 1.82) is 0 Å². The van der Waals surface area contributed by atoms with Crippen molar-refractivity contribution in [3.05, 3.63) is 63.7 Å². The van der Waals surface area contributed by atoms with E-state index in [4.69, 9.17) is 4.74 Å². The largest absolute Gasteiger partial charge is 0.482 e. The molecule has 1 fully saturated rings. The van der Waals surface area contributed by atoms with Crippen molar-refractivity contribution < 1.29 is 18.1 Å². The lowest BCUT2D eigenvalue weighted by Gasteiger charge is -2.16. The van der Waals surface area contributed by atoms with E-state index in [2.05, 4.69) is 13.8 Å². The van der Waals surface area contributed by atoms with Crippen LogP contribution in [0, 0.1) is 10.1 Å². The first-order valence-electron chi connectivity index (χ1n) is 9.29.